The maximum absolute atomic E-state index is 11.9. The second kappa shape index (κ2) is 7.63. The minimum atomic E-state index is -1.40. The van der Waals surface area contributed by atoms with Crippen molar-refractivity contribution in [3.8, 4) is 0 Å². The lowest BCUT2D eigenvalue weighted by Gasteiger charge is -2.40. The van der Waals surface area contributed by atoms with E-state index in [0.29, 0.717) is 30.1 Å². The molecule has 34 heavy (non-hydrogen) atoms. The van der Waals surface area contributed by atoms with Gasteiger partial charge in [0.25, 0.3) is 0 Å². The van der Waals surface area contributed by atoms with Gasteiger partial charge in [-0.05, 0) is 83.6 Å². The van der Waals surface area contributed by atoms with Gasteiger partial charge in [0.15, 0.2) is 5.72 Å². The molecular weight excluding hydrogens is 496 g/mol. The molecule has 0 amide bonds. The van der Waals surface area contributed by atoms with E-state index in [1.807, 2.05) is 25.4 Å². The molecule has 2 aliphatic rings. The van der Waals surface area contributed by atoms with E-state index in [4.69, 9.17) is 5.73 Å². The Morgan fingerprint density at radius 1 is 1.18 bits per heavy atom. The van der Waals surface area contributed by atoms with Crippen LogP contribution >= 0.6 is 15.9 Å². The summed E-state index contributed by atoms with van der Waals surface area (Å²) in [5, 5.41) is 28.8. The monoisotopic (exact) mass is 522 g/mol. The first-order valence-electron chi connectivity index (χ1n) is 11.6. The molecule has 2 saturated carbocycles. The Morgan fingerprint density at radius 2 is 2.03 bits per heavy atom. The fraction of sp³-hybridized carbons (Fsp3) is 0.400. The Kier molecular flexibility index (Phi) is 4.88. The van der Waals surface area contributed by atoms with E-state index >= 15 is 0 Å². The molecule has 4 aromatic rings. The van der Waals surface area contributed by atoms with Gasteiger partial charge in [0, 0.05) is 18.6 Å². The van der Waals surface area contributed by atoms with Crippen molar-refractivity contribution < 1.29 is 10.2 Å². The van der Waals surface area contributed by atoms with Crippen LogP contribution in [0.4, 0.5) is 11.6 Å². The van der Waals surface area contributed by atoms with Crippen LogP contribution in [0.15, 0.2) is 47.3 Å². The second-order valence-corrected chi connectivity index (χ2v) is 10.5. The molecule has 5 N–H and O–H groups in total. The minimum Gasteiger partial charge on any atom is -0.385 e. The van der Waals surface area contributed by atoms with Gasteiger partial charge < -0.3 is 25.8 Å². The number of nitrogen functional groups attached to an aromatic ring is 1. The van der Waals surface area contributed by atoms with Crippen LogP contribution < -0.4 is 11.1 Å². The zero-order chi connectivity index (χ0) is 23.7. The van der Waals surface area contributed by atoms with Crippen LogP contribution in [0.3, 0.4) is 0 Å². The minimum absolute atomic E-state index is 0.000740. The van der Waals surface area contributed by atoms with Gasteiger partial charge in [-0.15, -0.1) is 0 Å². The number of fused-ring (bicyclic) bond motifs is 3. The Labute approximate surface area is 205 Å². The Bertz CT molecular complexity index is 1420. The highest BCUT2D eigenvalue weighted by Gasteiger charge is 2.64. The molecule has 0 radical (unpaired) electrons. The van der Waals surface area contributed by atoms with Gasteiger partial charge in [-0.25, -0.2) is 15.0 Å². The highest BCUT2D eigenvalue weighted by molar-refractivity contribution is 9.10. The maximum Gasteiger partial charge on any atom is 0.172 e. The van der Waals surface area contributed by atoms with Gasteiger partial charge in [-0.3, -0.25) is 0 Å². The molecule has 4 atom stereocenters. The first-order chi connectivity index (χ1) is 16.3. The van der Waals surface area contributed by atoms with Gasteiger partial charge in [-0.1, -0.05) is 12.1 Å². The van der Waals surface area contributed by atoms with E-state index in [-0.39, 0.29) is 11.8 Å². The number of nitrogens with zero attached hydrogens (tertiary/aromatic N) is 4. The topological polar surface area (TPSA) is 122 Å². The number of aliphatic hydroxyl groups is 2. The maximum atomic E-state index is 11.9. The number of pyridine rings is 1. The summed E-state index contributed by atoms with van der Waals surface area (Å²) in [7, 11) is 1.81. The first kappa shape index (κ1) is 21.8. The number of nitrogens with one attached hydrogen (secondary N) is 1. The molecule has 0 spiro atoms. The summed E-state index contributed by atoms with van der Waals surface area (Å²) in [5.74, 6) is 1.45. The predicted molar refractivity (Wildman–Crippen MR) is 135 cm³/mol. The lowest BCUT2D eigenvalue weighted by molar-refractivity contribution is -0.190. The lowest BCUT2D eigenvalue weighted by atomic mass is 9.83. The van der Waals surface area contributed by atoms with Gasteiger partial charge in [0.2, 0.25) is 0 Å². The van der Waals surface area contributed by atoms with Crippen LogP contribution in [-0.4, -0.2) is 42.4 Å². The quantitative estimate of drug-likeness (QED) is 0.321. The summed E-state index contributed by atoms with van der Waals surface area (Å²) >= 11 is 3.44. The third-order valence-electron chi connectivity index (χ3n) is 8.05. The molecular formula is C25H27BrN6O2. The summed E-state index contributed by atoms with van der Waals surface area (Å²) in [4.78, 5) is 13.2. The van der Waals surface area contributed by atoms with Crippen molar-refractivity contribution in [3.05, 3.63) is 52.9 Å². The first-order valence-corrected chi connectivity index (χ1v) is 12.4. The molecule has 0 unspecified atom stereocenters. The van der Waals surface area contributed by atoms with E-state index in [1.165, 1.54) is 11.9 Å². The number of benzene rings is 1. The number of anilines is 2. The fourth-order valence-electron chi connectivity index (χ4n) is 6.38. The number of hydrogen-bond donors (Lipinski definition) is 4. The normalized spacial score (nSPS) is 28.6. The predicted octanol–water partition coefficient (Wildman–Crippen LogP) is 3.80. The zero-order valence-electron chi connectivity index (χ0n) is 18.9. The van der Waals surface area contributed by atoms with Crippen molar-refractivity contribution in [1.29, 1.82) is 0 Å². The molecule has 0 bridgehead atoms. The van der Waals surface area contributed by atoms with Gasteiger partial charge in [0.1, 0.15) is 29.2 Å². The zero-order valence-corrected chi connectivity index (χ0v) is 20.5. The van der Waals surface area contributed by atoms with Gasteiger partial charge in [0.05, 0.1) is 15.4 Å². The van der Waals surface area contributed by atoms with E-state index < -0.39 is 11.3 Å². The second-order valence-electron chi connectivity index (χ2n) is 9.67. The van der Waals surface area contributed by atoms with E-state index in [1.54, 1.807) is 4.57 Å². The van der Waals surface area contributed by atoms with Crippen molar-refractivity contribution in [2.24, 2.45) is 11.8 Å². The smallest absolute Gasteiger partial charge is 0.172 e. The fourth-order valence-corrected chi connectivity index (χ4v) is 6.72. The molecule has 0 aliphatic heterocycles. The molecule has 3 aromatic heterocycles. The number of nitrogens with two attached hydrogens (primary N) is 1. The standard InChI is InChI=1S/C25H27BrN6O2/c1-28-22-17-6-9-32(23(17)30-13-29-22)25(34)8-5-18-15(4-7-24(18,25)33)10-14-2-3-16-12-19(26)21(27)31-20(16)11-14/h2-3,6,9,11-13,15,18,33-34H,4-5,7-8,10H2,1H3,(H2,27,31)(H,28,29,30)/t15-,18+,24+,25+/m0/s1. The largest absolute Gasteiger partial charge is 0.385 e. The number of hydrogen-bond acceptors (Lipinski definition) is 7. The Balaban J connectivity index is 1.31. The summed E-state index contributed by atoms with van der Waals surface area (Å²) in [6.07, 6.45) is 6.79. The van der Waals surface area contributed by atoms with Crippen molar-refractivity contribution in [3.63, 3.8) is 0 Å². The van der Waals surface area contributed by atoms with Crippen LogP contribution in [0.2, 0.25) is 0 Å². The van der Waals surface area contributed by atoms with E-state index in [0.717, 1.165) is 40.0 Å². The van der Waals surface area contributed by atoms with Crippen LogP contribution in [-0.2, 0) is 12.1 Å². The average Bonchev–Trinajstić information content (AvgIpc) is 3.48. The van der Waals surface area contributed by atoms with Gasteiger partial charge in [-0.2, -0.15) is 0 Å². The molecule has 176 valence electrons. The SMILES string of the molecule is CNc1ncnc2c1ccn2[C@@]1(O)CC[C@@H]2[C@H](Cc3ccc4cc(Br)c(N)nc4c3)CC[C@@]21O. The van der Waals surface area contributed by atoms with Crippen molar-refractivity contribution in [2.45, 2.75) is 43.4 Å². The highest BCUT2D eigenvalue weighted by atomic mass is 79.9. The van der Waals surface area contributed by atoms with Crippen molar-refractivity contribution >= 4 is 49.5 Å². The highest BCUT2D eigenvalue weighted by Crippen LogP contribution is 2.58. The molecule has 3 heterocycles. The van der Waals surface area contributed by atoms with Crippen LogP contribution in [0, 0.1) is 11.8 Å². The van der Waals surface area contributed by atoms with E-state index in [2.05, 4.69) is 54.4 Å². The number of halogens is 1. The average molecular weight is 523 g/mol. The summed E-state index contributed by atoms with van der Waals surface area (Å²) in [5.41, 5.74) is 6.04. The Morgan fingerprint density at radius 3 is 2.85 bits per heavy atom. The number of rotatable bonds is 4. The van der Waals surface area contributed by atoms with E-state index in [9.17, 15) is 10.2 Å². The Hall–Kier alpha value is -2.75. The van der Waals surface area contributed by atoms with Crippen LogP contribution in [0.5, 0.6) is 0 Å². The van der Waals surface area contributed by atoms with Crippen LogP contribution in [0.25, 0.3) is 21.9 Å². The molecule has 2 fully saturated rings. The third kappa shape index (κ3) is 3.00. The summed E-state index contributed by atoms with van der Waals surface area (Å²) in [6, 6.07) is 10.2. The molecule has 8 nitrogen and oxygen atoms in total. The van der Waals surface area contributed by atoms with Crippen molar-refractivity contribution in [2.75, 3.05) is 18.1 Å². The molecule has 6 rings (SSSR count). The van der Waals surface area contributed by atoms with Gasteiger partial charge >= 0.3 is 0 Å². The summed E-state index contributed by atoms with van der Waals surface area (Å²) < 4.78 is 2.55. The molecule has 9 heteroatoms. The summed E-state index contributed by atoms with van der Waals surface area (Å²) in [6.45, 7) is 0. The molecule has 1 aromatic carbocycles. The molecule has 0 saturated heterocycles. The third-order valence-corrected chi connectivity index (χ3v) is 8.69. The number of aromatic nitrogens is 4. The van der Waals surface area contributed by atoms with Crippen LogP contribution in [0.1, 0.15) is 31.2 Å². The van der Waals surface area contributed by atoms with Crippen molar-refractivity contribution in [1.82, 2.24) is 19.5 Å². The lowest BCUT2D eigenvalue weighted by Crippen LogP contribution is -2.53. The molecule has 2 aliphatic carbocycles.